The quantitative estimate of drug-likeness (QED) is 0.871. The van der Waals surface area contributed by atoms with Gasteiger partial charge in [0.15, 0.2) is 0 Å². The van der Waals surface area contributed by atoms with E-state index in [0.717, 1.165) is 17.0 Å². The molecule has 0 heterocycles. The summed E-state index contributed by atoms with van der Waals surface area (Å²) in [6.07, 6.45) is 4.83. The molecule has 0 spiro atoms. The Morgan fingerprint density at radius 3 is 2.76 bits per heavy atom. The van der Waals surface area contributed by atoms with Crippen LogP contribution in [0, 0.1) is 5.92 Å². The van der Waals surface area contributed by atoms with Gasteiger partial charge in [0.05, 0.1) is 6.54 Å². The lowest BCUT2D eigenvalue weighted by Crippen LogP contribution is -2.45. The van der Waals surface area contributed by atoms with Crippen molar-refractivity contribution >= 4 is 17.5 Å². The Morgan fingerprint density at radius 1 is 1.33 bits per heavy atom. The Bertz CT molecular complexity index is 478. The van der Waals surface area contributed by atoms with Crippen LogP contribution in [0.25, 0.3) is 0 Å². The second kappa shape index (κ2) is 7.81. The monoisotopic (exact) mass is 308 g/mol. The Morgan fingerprint density at radius 2 is 2.05 bits per heavy atom. The van der Waals surface area contributed by atoms with E-state index in [1.54, 1.807) is 0 Å². The minimum Gasteiger partial charge on any atom is -0.352 e. The Labute approximate surface area is 132 Å². The molecule has 2 N–H and O–H groups in total. The summed E-state index contributed by atoms with van der Waals surface area (Å²) in [5, 5.41) is 7.14. The van der Waals surface area contributed by atoms with Crippen molar-refractivity contribution in [1.82, 2.24) is 10.6 Å². The molecule has 0 radical (unpaired) electrons. The lowest BCUT2D eigenvalue weighted by Gasteiger charge is -2.29. The van der Waals surface area contributed by atoms with Crippen molar-refractivity contribution in [2.75, 3.05) is 6.54 Å². The highest BCUT2D eigenvalue weighted by Gasteiger charge is 2.22. The summed E-state index contributed by atoms with van der Waals surface area (Å²) in [5.74, 6) is 0.663. The Kier molecular flexibility index (Phi) is 6.07. The molecule has 1 aliphatic carbocycles. The summed E-state index contributed by atoms with van der Waals surface area (Å²) in [4.78, 5) is 12.1. The van der Waals surface area contributed by atoms with Crippen molar-refractivity contribution in [3.63, 3.8) is 0 Å². The fraction of sp³-hybridized carbons (Fsp3) is 0.588. The van der Waals surface area contributed by atoms with Crippen LogP contribution in [0.4, 0.5) is 0 Å². The summed E-state index contributed by atoms with van der Waals surface area (Å²) < 4.78 is 0. The first kappa shape index (κ1) is 16.3. The molecular formula is C17H25ClN2O. The average molecular weight is 309 g/mol. The zero-order chi connectivity index (χ0) is 15.2. The van der Waals surface area contributed by atoms with Crippen LogP contribution in [-0.4, -0.2) is 18.5 Å². The molecule has 4 heteroatoms. The number of rotatable bonds is 5. The SMILES string of the molecule is C[C@H](NCC(=O)N[C@H]1CCCC[C@H]1C)c1ccccc1Cl. The molecule has 0 unspecified atom stereocenters. The Hall–Kier alpha value is -1.06. The van der Waals surface area contributed by atoms with Gasteiger partial charge in [0, 0.05) is 17.1 Å². The van der Waals surface area contributed by atoms with E-state index < -0.39 is 0 Å². The number of amides is 1. The fourth-order valence-electron chi connectivity index (χ4n) is 2.97. The maximum Gasteiger partial charge on any atom is 0.234 e. The molecular weight excluding hydrogens is 284 g/mol. The molecule has 2 rings (SSSR count). The van der Waals surface area contributed by atoms with Gasteiger partial charge < -0.3 is 10.6 Å². The molecule has 0 aromatic heterocycles. The molecule has 1 aromatic rings. The second-order valence-corrected chi connectivity index (χ2v) is 6.47. The number of halogens is 1. The summed E-state index contributed by atoms with van der Waals surface area (Å²) >= 11 is 6.17. The van der Waals surface area contributed by atoms with Crippen LogP contribution in [0.3, 0.4) is 0 Å². The molecule has 1 fully saturated rings. The van der Waals surface area contributed by atoms with Crippen molar-refractivity contribution < 1.29 is 4.79 Å². The number of hydrogen-bond donors (Lipinski definition) is 2. The van der Waals surface area contributed by atoms with E-state index in [-0.39, 0.29) is 11.9 Å². The highest BCUT2D eigenvalue weighted by molar-refractivity contribution is 6.31. The third kappa shape index (κ3) is 4.72. The topological polar surface area (TPSA) is 41.1 Å². The molecule has 0 aliphatic heterocycles. The zero-order valence-electron chi connectivity index (χ0n) is 12.9. The normalized spacial score (nSPS) is 23.6. The predicted octanol–water partition coefficient (Wildman–Crippen LogP) is 3.69. The molecule has 0 saturated heterocycles. The second-order valence-electron chi connectivity index (χ2n) is 6.06. The van der Waals surface area contributed by atoms with Gasteiger partial charge in [0.1, 0.15) is 0 Å². The van der Waals surface area contributed by atoms with E-state index in [1.807, 2.05) is 31.2 Å². The zero-order valence-corrected chi connectivity index (χ0v) is 13.6. The number of benzene rings is 1. The predicted molar refractivity (Wildman–Crippen MR) is 87.4 cm³/mol. The highest BCUT2D eigenvalue weighted by Crippen LogP contribution is 2.24. The lowest BCUT2D eigenvalue weighted by atomic mass is 9.86. The van der Waals surface area contributed by atoms with Crippen LogP contribution >= 0.6 is 11.6 Å². The van der Waals surface area contributed by atoms with E-state index in [1.165, 1.54) is 19.3 Å². The third-order valence-corrected chi connectivity index (χ3v) is 4.74. The minimum absolute atomic E-state index is 0.0632. The van der Waals surface area contributed by atoms with Crippen molar-refractivity contribution in [3.8, 4) is 0 Å². The van der Waals surface area contributed by atoms with Crippen molar-refractivity contribution in [2.45, 2.75) is 51.6 Å². The molecule has 1 aromatic carbocycles. The van der Waals surface area contributed by atoms with Crippen molar-refractivity contribution in [2.24, 2.45) is 5.92 Å². The number of nitrogens with one attached hydrogen (secondary N) is 2. The molecule has 116 valence electrons. The van der Waals surface area contributed by atoms with Crippen LogP contribution < -0.4 is 10.6 Å². The Balaban J connectivity index is 1.79. The van der Waals surface area contributed by atoms with Gasteiger partial charge >= 0.3 is 0 Å². The molecule has 1 amide bonds. The molecule has 3 atom stereocenters. The molecule has 0 bridgehead atoms. The van der Waals surface area contributed by atoms with Gasteiger partial charge in [-0.3, -0.25) is 4.79 Å². The largest absolute Gasteiger partial charge is 0.352 e. The summed E-state index contributed by atoms with van der Waals surface area (Å²) in [7, 11) is 0. The van der Waals surface area contributed by atoms with Crippen LogP contribution in [-0.2, 0) is 4.79 Å². The molecule has 1 aliphatic rings. The van der Waals surface area contributed by atoms with Crippen molar-refractivity contribution in [3.05, 3.63) is 34.9 Å². The van der Waals surface area contributed by atoms with Gasteiger partial charge in [0.2, 0.25) is 5.91 Å². The van der Waals surface area contributed by atoms with E-state index >= 15 is 0 Å². The van der Waals surface area contributed by atoms with Crippen LogP contribution in [0.5, 0.6) is 0 Å². The molecule has 3 nitrogen and oxygen atoms in total. The molecule has 21 heavy (non-hydrogen) atoms. The highest BCUT2D eigenvalue weighted by atomic mass is 35.5. The third-order valence-electron chi connectivity index (χ3n) is 4.40. The maximum absolute atomic E-state index is 12.1. The fourth-order valence-corrected chi connectivity index (χ4v) is 3.27. The summed E-state index contributed by atoms with van der Waals surface area (Å²) in [6, 6.07) is 8.13. The van der Waals surface area contributed by atoms with Gasteiger partial charge in [-0.1, -0.05) is 49.6 Å². The van der Waals surface area contributed by atoms with E-state index in [4.69, 9.17) is 11.6 Å². The van der Waals surface area contributed by atoms with E-state index in [2.05, 4.69) is 17.6 Å². The van der Waals surface area contributed by atoms with Gasteiger partial charge in [0.25, 0.3) is 0 Å². The van der Waals surface area contributed by atoms with Gasteiger partial charge in [-0.25, -0.2) is 0 Å². The van der Waals surface area contributed by atoms with Crippen LogP contribution in [0.15, 0.2) is 24.3 Å². The lowest BCUT2D eigenvalue weighted by molar-refractivity contribution is -0.121. The number of carbonyl (C=O) groups excluding carboxylic acids is 1. The average Bonchev–Trinajstić information content (AvgIpc) is 2.48. The van der Waals surface area contributed by atoms with Gasteiger partial charge in [-0.15, -0.1) is 0 Å². The standard InChI is InChI=1S/C17H25ClN2O/c1-12-7-3-6-10-16(12)20-17(21)11-19-13(2)14-8-4-5-9-15(14)18/h4-5,8-9,12-13,16,19H,3,6-7,10-11H2,1-2H3,(H,20,21)/t12-,13+,16+/m1/s1. The first-order valence-corrected chi connectivity index (χ1v) is 8.23. The maximum atomic E-state index is 12.1. The van der Waals surface area contributed by atoms with Crippen molar-refractivity contribution in [1.29, 1.82) is 0 Å². The first-order chi connectivity index (χ1) is 10.1. The number of hydrogen-bond acceptors (Lipinski definition) is 2. The molecule has 1 saturated carbocycles. The number of carbonyl (C=O) groups is 1. The van der Waals surface area contributed by atoms with E-state index in [0.29, 0.717) is 18.5 Å². The first-order valence-electron chi connectivity index (χ1n) is 7.85. The minimum atomic E-state index is 0.0632. The van der Waals surface area contributed by atoms with Gasteiger partial charge in [-0.05, 0) is 37.3 Å². The van der Waals surface area contributed by atoms with Crippen LogP contribution in [0.2, 0.25) is 5.02 Å². The smallest absolute Gasteiger partial charge is 0.234 e. The summed E-state index contributed by atoms with van der Waals surface area (Å²) in [5.41, 5.74) is 1.03. The van der Waals surface area contributed by atoms with E-state index in [9.17, 15) is 4.79 Å². The van der Waals surface area contributed by atoms with Gasteiger partial charge in [-0.2, -0.15) is 0 Å². The summed E-state index contributed by atoms with van der Waals surface area (Å²) in [6.45, 7) is 4.58. The van der Waals surface area contributed by atoms with Crippen LogP contribution in [0.1, 0.15) is 51.1 Å².